The van der Waals surface area contributed by atoms with Crippen molar-refractivity contribution in [3.8, 4) is 0 Å². The fraction of sp³-hybridized carbons (Fsp3) is 1.00. The molecule has 1 saturated heterocycles. The van der Waals surface area contributed by atoms with Gasteiger partial charge >= 0.3 is 0 Å². The van der Waals surface area contributed by atoms with Gasteiger partial charge in [0.05, 0.1) is 12.4 Å². The maximum Gasteiger partial charge on any atom is 0.211 e. The van der Waals surface area contributed by atoms with Gasteiger partial charge in [-0.25, -0.2) is 12.7 Å². The SMILES string of the molecule is CS(=O)(=O)N1CC2CCC(O)C2C1. The number of fused-ring (bicyclic) bond motifs is 1. The number of rotatable bonds is 1. The Morgan fingerprint density at radius 1 is 1.31 bits per heavy atom. The summed E-state index contributed by atoms with van der Waals surface area (Å²) in [5.41, 5.74) is 0. The Morgan fingerprint density at radius 3 is 2.54 bits per heavy atom. The zero-order chi connectivity index (χ0) is 9.64. The molecule has 13 heavy (non-hydrogen) atoms. The molecule has 0 aromatic heterocycles. The van der Waals surface area contributed by atoms with Gasteiger partial charge in [0.2, 0.25) is 10.0 Å². The number of aliphatic hydroxyl groups excluding tert-OH is 1. The van der Waals surface area contributed by atoms with Crippen LogP contribution in [0.5, 0.6) is 0 Å². The molecule has 0 aromatic rings. The maximum absolute atomic E-state index is 11.2. The molecule has 76 valence electrons. The summed E-state index contributed by atoms with van der Waals surface area (Å²) in [7, 11) is -3.05. The molecule has 1 N–H and O–H groups in total. The molecule has 0 radical (unpaired) electrons. The fourth-order valence-electron chi connectivity index (χ4n) is 2.47. The van der Waals surface area contributed by atoms with Crippen LogP contribution in [0.4, 0.5) is 0 Å². The topological polar surface area (TPSA) is 57.6 Å². The van der Waals surface area contributed by atoms with Gasteiger partial charge < -0.3 is 5.11 Å². The molecule has 5 heteroatoms. The summed E-state index contributed by atoms with van der Waals surface area (Å²) in [5.74, 6) is 0.583. The zero-order valence-corrected chi connectivity index (χ0v) is 8.50. The summed E-state index contributed by atoms with van der Waals surface area (Å²) in [4.78, 5) is 0. The Bertz CT molecular complexity index is 301. The molecule has 0 amide bonds. The lowest BCUT2D eigenvalue weighted by atomic mass is 10.00. The van der Waals surface area contributed by atoms with Gasteiger partial charge in [0, 0.05) is 19.0 Å². The van der Waals surface area contributed by atoms with E-state index in [1.807, 2.05) is 0 Å². The minimum atomic E-state index is -3.05. The first-order valence-electron chi connectivity index (χ1n) is 4.61. The van der Waals surface area contributed by atoms with Gasteiger partial charge in [-0.05, 0) is 18.8 Å². The van der Waals surface area contributed by atoms with E-state index in [0.717, 1.165) is 12.8 Å². The Balaban J connectivity index is 2.11. The van der Waals surface area contributed by atoms with E-state index in [0.29, 0.717) is 19.0 Å². The van der Waals surface area contributed by atoms with E-state index in [1.54, 1.807) is 0 Å². The molecule has 3 atom stereocenters. The van der Waals surface area contributed by atoms with Crippen LogP contribution >= 0.6 is 0 Å². The number of sulfonamides is 1. The smallest absolute Gasteiger partial charge is 0.211 e. The Kier molecular flexibility index (Phi) is 2.13. The molecular weight excluding hydrogens is 190 g/mol. The molecule has 1 aliphatic carbocycles. The van der Waals surface area contributed by atoms with E-state index in [-0.39, 0.29) is 12.0 Å². The van der Waals surface area contributed by atoms with Crippen LogP contribution in [0.15, 0.2) is 0 Å². The molecular formula is C8H15NO3S. The van der Waals surface area contributed by atoms with Gasteiger partial charge in [-0.15, -0.1) is 0 Å². The van der Waals surface area contributed by atoms with Crippen LogP contribution in [0.3, 0.4) is 0 Å². The van der Waals surface area contributed by atoms with Crippen molar-refractivity contribution in [2.75, 3.05) is 19.3 Å². The van der Waals surface area contributed by atoms with Crippen molar-refractivity contribution >= 4 is 10.0 Å². The van der Waals surface area contributed by atoms with E-state index < -0.39 is 10.0 Å². The third-order valence-electron chi connectivity index (χ3n) is 3.25. The zero-order valence-electron chi connectivity index (χ0n) is 7.68. The Labute approximate surface area is 78.6 Å². The normalized spacial score (nSPS) is 40.9. The average molecular weight is 205 g/mol. The molecule has 2 rings (SSSR count). The molecule has 1 saturated carbocycles. The van der Waals surface area contributed by atoms with E-state index in [9.17, 15) is 13.5 Å². The van der Waals surface area contributed by atoms with Crippen molar-refractivity contribution in [2.24, 2.45) is 11.8 Å². The molecule has 0 spiro atoms. The number of nitrogens with zero attached hydrogens (tertiary/aromatic N) is 1. The second-order valence-corrected chi connectivity index (χ2v) is 6.13. The summed E-state index contributed by atoms with van der Waals surface area (Å²) in [5, 5.41) is 9.56. The standard InChI is InChI=1S/C8H15NO3S/c1-13(11,12)9-4-6-2-3-8(10)7(6)5-9/h6-8,10H,2-5H2,1H3. The first-order valence-corrected chi connectivity index (χ1v) is 6.46. The van der Waals surface area contributed by atoms with Crippen LogP contribution in [-0.4, -0.2) is 43.3 Å². The van der Waals surface area contributed by atoms with Crippen LogP contribution in [0, 0.1) is 11.8 Å². The summed E-state index contributed by atoms with van der Waals surface area (Å²) < 4.78 is 23.9. The lowest BCUT2D eigenvalue weighted by molar-refractivity contribution is 0.129. The van der Waals surface area contributed by atoms with Gasteiger partial charge in [0.15, 0.2) is 0 Å². The molecule has 4 nitrogen and oxygen atoms in total. The lowest BCUT2D eigenvalue weighted by Crippen LogP contribution is -2.29. The van der Waals surface area contributed by atoms with Crippen molar-refractivity contribution in [2.45, 2.75) is 18.9 Å². The highest BCUT2D eigenvalue weighted by Gasteiger charge is 2.44. The largest absolute Gasteiger partial charge is 0.393 e. The summed E-state index contributed by atoms with van der Waals surface area (Å²) in [6.07, 6.45) is 2.77. The van der Waals surface area contributed by atoms with Gasteiger partial charge in [0.25, 0.3) is 0 Å². The van der Waals surface area contributed by atoms with Crippen molar-refractivity contribution in [3.05, 3.63) is 0 Å². The van der Waals surface area contributed by atoms with E-state index in [1.165, 1.54) is 10.6 Å². The summed E-state index contributed by atoms with van der Waals surface area (Å²) >= 11 is 0. The second kappa shape index (κ2) is 2.93. The van der Waals surface area contributed by atoms with Crippen LogP contribution in [-0.2, 0) is 10.0 Å². The summed E-state index contributed by atoms with van der Waals surface area (Å²) in [6.45, 7) is 1.13. The van der Waals surface area contributed by atoms with E-state index in [4.69, 9.17) is 0 Å². The molecule has 1 heterocycles. The fourth-order valence-corrected chi connectivity index (χ4v) is 3.37. The van der Waals surface area contributed by atoms with Crippen LogP contribution in [0.1, 0.15) is 12.8 Å². The highest BCUT2D eigenvalue weighted by molar-refractivity contribution is 7.88. The first kappa shape index (κ1) is 9.43. The van der Waals surface area contributed by atoms with Gasteiger partial charge in [-0.3, -0.25) is 0 Å². The Morgan fingerprint density at radius 2 is 2.00 bits per heavy atom. The molecule has 0 bridgehead atoms. The minimum absolute atomic E-state index is 0.190. The minimum Gasteiger partial charge on any atom is -0.393 e. The maximum atomic E-state index is 11.2. The molecule has 2 fully saturated rings. The van der Waals surface area contributed by atoms with Gasteiger partial charge in [-0.1, -0.05) is 0 Å². The number of aliphatic hydroxyl groups is 1. The van der Waals surface area contributed by atoms with Crippen LogP contribution < -0.4 is 0 Å². The Hall–Kier alpha value is -0.130. The quantitative estimate of drug-likeness (QED) is 0.636. The van der Waals surface area contributed by atoms with Crippen molar-refractivity contribution in [1.29, 1.82) is 0 Å². The molecule has 0 aromatic carbocycles. The second-order valence-electron chi connectivity index (χ2n) is 4.15. The highest BCUT2D eigenvalue weighted by Crippen LogP contribution is 2.38. The van der Waals surface area contributed by atoms with Crippen LogP contribution in [0.25, 0.3) is 0 Å². The van der Waals surface area contributed by atoms with Crippen molar-refractivity contribution < 1.29 is 13.5 Å². The van der Waals surface area contributed by atoms with E-state index >= 15 is 0 Å². The molecule has 2 aliphatic rings. The molecule has 1 aliphatic heterocycles. The van der Waals surface area contributed by atoms with Crippen molar-refractivity contribution in [1.82, 2.24) is 4.31 Å². The third kappa shape index (κ3) is 1.60. The summed E-state index contributed by atoms with van der Waals surface area (Å²) in [6, 6.07) is 0. The van der Waals surface area contributed by atoms with E-state index in [2.05, 4.69) is 0 Å². The van der Waals surface area contributed by atoms with Crippen LogP contribution in [0.2, 0.25) is 0 Å². The number of hydrogen-bond donors (Lipinski definition) is 1. The predicted molar refractivity (Wildman–Crippen MR) is 48.6 cm³/mol. The predicted octanol–water partition coefficient (Wildman–Crippen LogP) is -0.351. The first-order chi connectivity index (χ1) is 5.98. The third-order valence-corrected chi connectivity index (χ3v) is 4.49. The molecule has 3 unspecified atom stereocenters. The lowest BCUT2D eigenvalue weighted by Gasteiger charge is -2.15. The highest BCUT2D eigenvalue weighted by atomic mass is 32.2. The van der Waals surface area contributed by atoms with Crippen molar-refractivity contribution in [3.63, 3.8) is 0 Å². The van der Waals surface area contributed by atoms with Gasteiger partial charge in [0.1, 0.15) is 0 Å². The van der Waals surface area contributed by atoms with Gasteiger partial charge in [-0.2, -0.15) is 0 Å². The average Bonchev–Trinajstić information content (AvgIpc) is 2.51. The number of hydrogen-bond acceptors (Lipinski definition) is 3. The monoisotopic (exact) mass is 205 g/mol.